The highest BCUT2D eigenvalue weighted by atomic mass is 32.1. The van der Waals surface area contributed by atoms with Gasteiger partial charge in [0, 0.05) is 10.8 Å². The lowest BCUT2D eigenvalue weighted by Gasteiger charge is -2.06. The maximum Gasteiger partial charge on any atom is 0.513 e. The van der Waals surface area contributed by atoms with Crippen molar-refractivity contribution < 1.29 is 23.8 Å². The Balaban J connectivity index is 2.63. The van der Waals surface area contributed by atoms with Crippen LogP contribution in [0.5, 0.6) is 5.75 Å². The van der Waals surface area contributed by atoms with Crippen LogP contribution in [0, 0.1) is 0 Å². The molecule has 0 fully saturated rings. The zero-order valence-electron chi connectivity index (χ0n) is 8.81. The highest BCUT2D eigenvalue weighted by Gasteiger charge is 2.13. The average molecular weight is 245 g/mol. The first kappa shape index (κ1) is 12.3. The lowest BCUT2D eigenvalue weighted by Crippen LogP contribution is -2.14. The number of thiophene rings is 1. The fourth-order valence-electron chi connectivity index (χ4n) is 0.864. The summed E-state index contributed by atoms with van der Waals surface area (Å²) in [7, 11) is 1.20. The zero-order chi connectivity index (χ0) is 12.0. The summed E-state index contributed by atoms with van der Waals surface area (Å²) >= 11 is 1.28. The SMILES string of the molecule is CCOC(=O)Nc1cscc1OC(=O)OC. The normalized spacial score (nSPS) is 9.38. The molecule has 0 aliphatic heterocycles. The molecule has 0 unspecified atom stereocenters. The van der Waals surface area contributed by atoms with E-state index in [4.69, 9.17) is 4.74 Å². The van der Waals surface area contributed by atoms with E-state index in [1.54, 1.807) is 17.7 Å². The zero-order valence-corrected chi connectivity index (χ0v) is 9.63. The van der Waals surface area contributed by atoms with Crippen molar-refractivity contribution in [2.75, 3.05) is 19.0 Å². The van der Waals surface area contributed by atoms with Crippen LogP contribution in [0.1, 0.15) is 6.92 Å². The van der Waals surface area contributed by atoms with Gasteiger partial charge in [0.05, 0.1) is 19.4 Å². The summed E-state index contributed by atoms with van der Waals surface area (Å²) in [5.41, 5.74) is 0.369. The number of nitrogens with one attached hydrogen (secondary N) is 1. The second-order valence-corrected chi connectivity index (χ2v) is 3.29. The molecule has 1 N–H and O–H groups in total. The van der Waals surface area contributed by atoms with Crippen LogP contribution < -0.4 is 10.1 Å². The maximum atomic E-state index is 11.1. The van der Waals surface area contributed by atoms with E-state index in [-0.39, 0.29) is 12.4 Å². The Morgan fingerprint density at radius 3 is 2.81 bits per heavy atom. The van der Waals surface area contributed by atoms with Gasteiger partial charge in [-0.2, -0.15) is 0 Å². The molecule has 1 aromatic heterocycles. The van der Waals surface area contributed by atoms with Crippen LogP contribution in [0.2, 0.25) is 0 Å². The summed E-state index contributed by atoms with van der Waals surface area (Å²) < 4.78 is 13.8. The third kappa shape index (κ3) is 3.43. The van der Waals surface area contributed by atoms with Crippen molar-refractivity contribution in [2.24, 2.45) is 0 Å². The first-order valence-corrected chi connectivity index (χ1v) is 5.37. The van der Waals surface area contributed by atoms with Crippen LogP contribution in [-0.4, -0.2) is 26.0 Å². The summed E-state index contributed by atoms with van der Waals surface area (Å²) in [4.78, 5) is 22.0. The Labute approximate surface area is 96.1 Å². The molecule has 0 saturated heterocycles. The van der Waals surface area contributed by atoms with Gasteiger partial charge in [0.2, 0.25) is 0 Å². The van der Waals surface area contributed by atoms with E-state index < -0.39 is 12.2 Å². The van der Waals surface area contributed by atoms with E-state index in [1.807, 2.05) is 0 Å². The van der Waals surface area contributed by atoms with Gasteiger partial charge in [-0.3, -0.25) is 5.32 Å². The smallest absolute Gasteiger partial charge is 0.450 e. The Morgan fingerprint density at radius 1 is 1.44 bits per heavy atom. The van der Waals surface area contributed by atoms with E-state index >= 15 is 0 Å². The standard InChI is InChI=1S/C9H11NO5S/c1-3-14-8(11)10-6-4-16-5-7(6)15-9(12)13-2/h4-5H,3H2,1-2H3,(H,10,11). The van der Waals surface area contributed by atoms with Crippen molar-refractivity contribution in [2.45, 2.75) is 6.92 Å². The minimum atomic E-state index is -0.842. The summed E-state index contributed by atoms with van der Waals surface area (Å²) in [5.74, 6) is 0.227. The molecule has 0 bridgehead atoms. The van der Waals surface area contributed by atoms with Crippen LogP contribution >= 0.6 is 11.3 Å². The van der Waals surface area contributed by atoms with E-state index in [1.165, 1.54) is 18.4 Å². The molecular formula is C9H11NO5S. The number of ether oxygens (including phenoxy) is 3. The Kier molecular flexibility index (Phi) is 4.59. The first-order valence-electron chi connectivity index (χ1n) is 4.43. The highest BCUT2D eigenvalue weighted by molar-refractivity contribution is 7.08. The molecule has 1 heterocycles. The number of carbonyl (C=O) groups is 2. The topological polar surface area (TPSA) is 73.9 Å². The molecule has 7 heteroatoms. The van der Waals surface area contributed by atoms with Crippen molar-refractivity contribution in [3.63, 3.8) is 0 Å². The minimum Gasteiger partial charge on any atom is -0.450 e. The van der Waals surface area contributed by atoms with Crippen molar-refractivity contribution >= 4 is 29.3 Å². The maximum absolute atomic E-state index is 11.1. The largest absolute Gasteiger partial charge is 0.513 e. The van der Waals surface area contributed by atoms with E-state index in [2.05, 4.69) is 14.8 Å². The van der Waals surface area contributed by atoms with Gasteiger partial charge < -0.3 is 14.2 Å². The molecule has 1 rings (SSSR count). The van der Waals surface area contributed by atoms with Gasteiger partial charge in [-0.15, -0.1) is 11.3 Å². The predicted molar refractivity (Wildman–Crippen MR) is 58.0 cm³/mol. The molecule has 16 heavy (non-hydrogen) atoms. The third-order valence-corrected chi connectivity index (χ3v) is 2.22. The second kappa shape index (κ2) is 5.96. The minimum absolute atomic E-state index is 0.227. The fraction of sp³-hybridized carbons (Fsp3) is 0.333. The van der Waals surface area contributed by atoms with Gasteiger partial charge >= 0.3 is 12.2 Å². The first-order chi connectivity index (χ1) is 7.67. The third-order valence-electron chi connectivity index (χ3n) is 1.50. The number of carbonyl (C=O) groups excluding carboxylic acids is 2. The second-order valence-electron chi connectivity index (χ2n) is 2.55. The Bertz CT molecular complexity index is 376. The molecule has 0 saturated carbocycles. The van der Waals surface area contributed by atoms with Gasteiger partial charge in [0.1, 0.15) is 0 Å². The molecule has 0 radical (unpaired) electrons. The lowest BCUT2D eigenvalue weighted by molar-refractivity contribution is 0.121. The predicted octanol–water partition coefficient (Wildman–Crippen LogP) is 2.46. The molecule has 1 aromatic rings. The number of amides is 1. The van der Waals surface area contributed by atoms with Crippen LogP contribution in [0.25, 0.3) is 0 Å². The fourth-order valence-corrected chi connectivity index (χ4v) is 1.54. The van der Waals surface area contributed by atoms with Crippen LogP contribution in [-0.2, 0) is 9.47 Å². The van der Waals surface area contributed by atoms with Gasteiger partial charge in [0.15, 0.2) is 5.75 Å². The van der Waals surface area contributed by atoms with Crippen molar-refractivity contribution in [1.82, 2.24) is 0 Å². The molecule has 0 aromatic carbocycles. The number of rotatable bonds is 3. The molecule has 0 spiro atoms. The van der Waals surface area contributed by atoms with Crippen LogP contribution in [0.3, 0.4) is 0 Å². The van der Waals surface area contributed by atoms with Gasteiger partial charge in [-0.05, 0) is 6.92 Å². The van der Waals surface area contributed by atoms with Crippen molar-refractivity contribution in [1.29, 1.82) is 0 Å². The van der Waals surface area contributed by atoms with E-state index in [0.29, 0.717) is 5.69 Å². The summed E-state index contributed by atoms with van der Waals surface area (Å²) in [6.45, 7) is 1.96. The number of hydrogen-bond donors (Lipinski definition) is 1. The van der Waals surface area contributed by atoms with Crippen molar-refractivity contribution in [3.05, 3.63) is 10.8 Å². The number of hydrogen-bond acceptors (Lipinski definition) is 6. The summed E-state index contributed by atoms with van der Waals surface area (Å²) in [6, 6.07) is 0. The van der Waals surface area contributed by atoms with Gasteiger partial charge in [0.25, 0.3) is 0 Å². The van der Waals surface area contributed by atoms with Crippen LogP contribution in [0.15, 0.2) is 10.8 Å². The molecular weight excluding hydrogens is 234 g/mol. The van der Waals surface area contributed by atoms with Gasteiger partial charge in [-0.1, -0.05) is 0 Å². The number of anilines is 1. The number of methoxy groups -OCH3 is 1. The molecule has 6 nitrogen and oxygen atoms in total. The van der Waals surface area contributed by atoms with E-state index in [0.717, 1.165) is 0 Å². The monoisotopic (exact) mass is 245 g/mol. The van der Waals surface area contributed by atoms with E-state index in [9.17, 15) is 9.59 Å². The average Bonchev–Trinajstić information content (AvgIpc) is 2.66. The molecule has 0 aliphatic carbocycles. The molecule has 0 atom stereocenters. The Morgan fingerprint density at radius 2 is 2.19 bits per heavy atom. The highest BCUT2D eigenvalue weighted by Crippen LogP contribution is 2.29. The quantitative estimate of drug-likeness (QED) is 0.828. The molecule has 0 aliphatic rings. The lowest BCUT2D eigenvalue weighted by atomic mass is 10.5. The molecule has 88 valence electrons. The molecule has 1 amide bonds. The van der Waals surface area contributed by atoms with Crippen LogP contribution in [0.4, 0.5) is 15.3 Å². The van der Waals surface area contributed by atoms with Crippen molar-refractivity contribution in [3.8, 4) is 5.75 Å². The summed E-state index contributed by atoms with van der Waals surface area (Å²) in [6.07, 6.45) is -1.44. The Hall–Kier alpha value is -1.76. The summed E-state index contributed by atoms with van der Waals surface area (Å²) in [5, 5.41) is 5.63. The van der Waals surface area contributed by atoms with Gasteiger partial charge in [-0.25, -0.2) is 9.59 Å².